The minimum Gasteiger partial charge on any atom is -0.349 e. The van der Waals surface area contributed by atoms with Crippen LogP contribution in [0.2, 0.25) is 5.02 Å². The zero-order valence-electron chi connectivity index (χ0n) is 10.0. The van der Waals surface area contributed by atoms with Crippen LogP contribution in [-0.4, -0.2) is 11.9 Å². The van der Waals surface area contributed by atoms with Crippen molar-refractivity contribution >= 4 is 28.8 Å². The Bertz CT molecular complexity index is 524. The van der Waals surface area contributed by atoms with Crippen molar-refractivity contribution in [2.45, 2.75) is 19.4 Å². The Morgan fingerprint density at radius 1 is 1.39 bits per heavy atom. The number of carbonyl (C=O) groups is 1. The van der Waals surface area contributed by atoms with E-state index in [1.165, 1.54) is 4.88 Å². The van der Waals surface area contributed by atoms with Gasteiger partial charge in [-0.3, -0.25) is 4.79 Å². The average molecular weight is 280 g/mol. The first kappa shape index (κ1) is 13.1. The summed E-state index contributed by atoms with van der Waals surface area (Å²) >= 11 is 7.57. The number of amides is 1. The van der Waals surface area contributed by atoms with Crippen molar-refractivity contribution < 1.29 is 4.79 Å². The standard InChI is InChI=1S/C14H14ClNOS/c1-10(8-13-6-3-7-18-13)16-14(17)11-4-2-5-12(15)9-11/h2-7,9-10H,8H2,1H3,(H,16,17)/t10-/m1/s1. The normalized spacial score (nSPS) is 12.1. The van der Waals surface area contributed by atoms with Crippen molar-refractivity contribution in [3.05, 3.63) is 57.2 Å². The summed E-state index contributed by atoms with van der Waals surface area (Å²) in [4.78, 5) is 13.2. The first-order chi connectivity index (χ1) is 8.65. The second-order valence-corrected chi connectivity index (χ2v) is 5.64. The fourth-order valence-corrected chi connectivity index (χ4v) is 2.74. The molecule has 2 rings (SSSR count). The van der Waals surface area contributed by atoms with Gasteiger partial charge in [-0.15, -0.1) is 11.3 Å². The van der Waals surface area contributed by atoms with Crippen LogP contribution in [0.15, 0.2) is 41.8 Å². The van der Waals surface area contributed by atoms with Gasteiger partial charge in [-0.1, -0.05) is 23.7 Å². The van der Waals surface area contributed by atoms with E-state index >= 15 is 0 Å². The summed E-state index contributed by atoms with van der Waals surface area (Å²) in [7, 11) is 0. The molecule has 1 amide bonds. The summed E-state index contributed by atoms with van der Waals surface area (Å²) in [6, 6.07) is 11.2. The number of benzene rings is 1. The van der Waals surface area contributed by atoms with Crippen LogP contribution in [0, 0.1) is 0 Å². The number of halogens is 1. The molecule has 0 bridgehead atoms. The third-order valence-corrected chi connectivity index (χ3v) is 3.69. The Hall–Kier alpha value is -1.32. The predicted octanol–water partition coefficient (Wildman–Crippen LogP) is 3.76. The lowest BCUT2D eigenvalue weighted by Gasteiger charge is -2.13. The van der Waals surface area contributed by atoms with E-state index in [4.69, 9.17) is 11.6 Å². The zero-order valence-corrected chi connectivity index (χ0v) is 11.6. The summed E-state index contributed by atoms with van der Waals surface area (Å²) in [6.07, 6.45) is 0.851. The number of hydrogen-bond acceptors (Lipinski definition) is 2. The van der Waals surface area contributed by atoms with Gasteiger partial charge in [-0.25, -0.2) is 0 Å². The summed E-state index contributed by atoms with van der Waals surface area (Å²) < 4.78 is 0. The van der Waals surface area contributed by atoms with Gasteiger partial charge in [0.1, 0.15) is 0 Å². The molecule has 18 heavy (non-hydrogen) atoms. The molecule has 1 N–H and O–H groups in total. The number of carbonyl (C=O) groups excluding carboxylic acids is 1. The Morgan fingerprint density at radius 3 is 2.89 bits per heavy atom. The number of thiophene rings is 1. The Balaban J connectivity index is 1.95. The van der Waals surface area contributed by atoms with Gasteiger partial charge in [-0.05, 0) is 36.6 Å². The molecule has 1 aromatic carbocycles. The lowest BCUT2D eigenvalue weighted by atomic mass is 10.1. The van der Waals surface area contributed by atoms with E-state index in [-0.39, 0.29) is 11.9 Å². The van der Waals surface area contributed by atoms with Gasteiger partial charge < -0.3 is 5.32 Å². The van der Waals surface area contributed by atoms with Crippen molar-refractivity contribution in [3.8, 4) is 0 Å². The third kappa shape index (κ3) is 3.59. The molecule has 0 spiro atoms. The van der Waals surface area contributed by atoms with E-state index < -0.39 is 0 Å². The van der Waals surface area contributed by atoms with Crippen LogP contribution in [0.5, 0.6) is 0 Å². The first-order valence-electron chi connectivity index (χ1n) is 5.74. The smallest absolute Gasteiger partial charge is 0.251 e. The molecule has 0 saturated carbocycles. The molecule has 2 nitrogen and oxygen atoms in total. The van der Waals surface area contributed by atoms with Crippen molar-refractivity contribution in [2.24, 2.45) is 0 Å². The predicted molar refractivity (Wildman–Crippen MR) is 76.4 cm³/mol. The average Bonchev–Trinajstić information content (AvgIpc) is 2.81. The fourth-order valence-electron chi connectivity index (χ4n) is 1.72. The van der Waals surface area contributed by atoms with Gasteiger partial charge in [-0.2, -0.15) is 0 Å². The Morgan fingerprint density at radius 2 is 2.22 bits per heavy atom. The van der Waals surface area contributed by atoms with Crippen molar-refractivity contribution in [1.82, 2.24) is 5.32 Å². The molecule has 0 saturated heterocycles. The molecule has 1 atom stereocenters. The number of nitrogens with one attached hydrogen (secondary N) is 1. The van der Waals surface area contributed by atoms with E-state index in [0.717, 1.165) is 6.42 Å². The quantitative estimate of drug-likeness (QED) is 0.907. The SMILES string of the molecule is C[C@H](Cc1cccs1)NC(=O)c1cccc(Cl)c1. The molecular formula is C14H14ClNOS. The summed E-state index contributed by atoms with van der Waals surface area (Å²) in [6.45, 7) is 2.00. The third-order valence-electron chi connectivity index (χ3n) is 2.55. The fraction of sp³-hybridized carbons (Fsp3) is 0.214. The van der Waals surface area contributed by atoms with Crippen LogP contribution in [0.3, 0.4) is 0 Å². The molecule has 0 radical (unpaired) electrons. The Kier molecular flexibility index (Phi) is 4.39. The van der Waals surface area contributed by atoms with Crippen LogP contribution < -0.4 is 5.32 Å². The van der Waals surface area contributed by atoms with E-state index in [1.807, 2.05) is 18.4 Å². The van der Waals surface area contributed by atoms with Gasteiger partial charge in [0.25, 0.3) is 5.91 Å². The van der Waals surface area contributed by atoms with Crippen molar-refractivity contribution in [2.75, 3.05) is 0 Å². The van der Waals surface area contributed by atoms with Gasteiger partial charge in [0, 0.05) is 27.9 Å². The van der Waals surface area contributed by atoms with E-state index in [9.17, 15) is 4.79 Å². The van der Waals surface area contributed by atoms with Crippen molar-refractivity contribution in [1.29, 1.82) is 0 Å². The molecule has 94 valence electrons. The summed E-state index contributed by atoms with van der Waals surface area (Å²) in [5.74, 6) is -0.0819. The van der Waals surface area contributed by atoms with Crippen LogP contribution in [-0.2, 0) is 6.42 Å². The second kappa shape index (κ2) is 6.03. The topological polar surface area (TPSA) is 29.1 Å². The minimum atomic E-state index is -0.0819. The highest BCUT2D eigenvalue weighted by Gasteiger charge is 2.10. The largest absolute Gasteiger partial charge is 0.349 e. The Labute approximate surface area is 116 Å². The maximum atomic E-state index is 12.0. The summed E-state index contributed by atoms with van der Waals surface area (Å²) in [5, 5.41) is 5.59. The number of rotatable bonds is 4. The molecule has 0 aliphatic rings. The molecule has 0 aliphatic carbocycles. The molecule has 4 heteroatoms. The summed E-state index contributed by atoms with van der Waals surface area (Å²) in [5.41, 5.74) is 0.598. The lowest BCUT2D eigenvalue weighted by Crippen LogP contribution is -2.33. The monoisotopic (exact) mass is 279 g/mol. The van der Waals surface area contributed by atoms with E-state index in [1.54, 1.807) is 35.6 Å². The molecule has 2 aromatic rings. The highest BCUT2D eigenvalue weighted by molar-refractivity contribution is 7.09. The molecular weight excluding hydrogens is 266 g/mol. The van der Waals surface area contributed by atoms with Crippen LogP contribution in [0.4, 0.5) is 0 Å². The van der Waals surface area contributed by atoms with Gasteiger partial charge in [0.2, 0.25) is 0 Å². The maximum Gasteiger partial charge on any atom is 0.251 e. The first-order valence-corrected chi connectivity index (χ1v) is 7.00. The molecule has 0 aliphatic heterocycles. The van der Waals surface area contributed by atoms with Gasteiger partial charge >= 0.3 is 0 Å². The second-order valence-electron chi connectivity index (χ2n) is 4.17. The minimum absolute atomic E-state index is 0.0819. The van der Waals surface area contributed by atoms with Gasteiger partial charge in [0.05, 0.1) is 0 Å². The molecule has 0 unspecified atom stereocenters. The highest BCUT2D eigenvalue weighted by Crippen LogP contribution is 2.13. The molecule has 1 aromatic heterocycles. The van der Waals surface area contributed by atoms with Crippen LogP contribution in [0.1, 0.15) is 22.2 Å². The molecule has 0 fully saturated rings. The lowest BCUT2D eigenvalue weighted by molar-refractivity contribution is 0.0940. The van der Waals surface area contributed by atoms with E-state index in [2.05, 4.69) is 11.4 Å². The van der Waals surface area contributed by atoms with Crippen LogP contribution >= 0.6 is 22.9 Å². The molecule has 1 heterocycles. The highest BCUT2D eigenvalue weighted by atomic mass is 35.5. The van der Waals surface area contributed by atoms with Crippen LogP contribution in [0.25, 0.3) is 0 Å². The van der Waals surface area contributed by atoms with E-state index in [0.29, 0.717) is 10.6 Å². The maximum absolute atomic E-state index is 12.0. The zero-order chi connectivity index (χ0) is 13.0. The van der Waals surface area contributed by atoms with Crippen molar-refractivity contribution in [3.63, 3.8) is 0 Å². The van der Waals surface area contributed by atoms with Gasteiger partial charge in [0.15, 0.2) is 0 Å². The number of hydrogen-bond donors (Lipinski definition) is 1.